The molecule has 0 N–H and O–H groups in total. The number of allylic oxidation sites excluding steroid dienone is 1. The fraction of sp³-hybridized carbons (Fsp3) is 0.524. The summed E-state index contributed by atoms with van der Waals surface area (Å²) in [6.45, 7) is 15.0. The van der Waals surface area contributed by atoms with Crippen LogP contribution in [0.3, 0.4) is 0 Å². The number of hydrogen-bond donors (Lipinski definition) is 0. The zero-order chi connectivity index (χ0) is 16.8. The van der Waals surface area contributed by atoms with Crippen LogP contribution in [0.5, 0.6) is 0 Å². The Hall–Kier alpha value is -1.34. The van der Waals surface area contributed by atoms with E-state index in [9.17, 15) is 0 Å². The first-order valence-corrected chi connectivity index (χ1v) is 8.51. The normalized spacial score (nSPS) is 12.6. The zero-order valence-electron chi connectivity index (χ0n) is 15.1. The quantitative estimate of drug-likeness (QED) is 0.472. The van der Waals surface area contributed by atoms with Crippen LogP contribution >= 0.6 is 0 Å². The van der Waals surface area contributed by atoms with Gasteiger partial charge in [0.2, 0.25) is 0 Å². The van der Waals surface area contributed by atoms with E-state index in [1.54, 1.807) is 0 Å². The van der Waals surface area contributed by atoms with Crippen LogP contribution < -0.4 is 0 Å². The molecule has 1 rings (SSSR count). The topological polar surface area (TPSA) is 9.23 Å². The van der Waals surface area contributed by atoms with E-state index in [-0.39, 0.29) is 5.60 Å². The molecule has 1 atom stereocenters. The van der Waals surface area contributed by atoms with E-state index in [0.717, 1.165) is 6.42 Å². The zero-order valence-corrected chi connectivity index (χ0v) is 15.1. The van der Waals surface area contributed by atoms with Crippen molar-refractivity contribution in [1.29, 1.82) is 0 Å². The first kappa shape index (κ1) is 20.7. The van der Waals surface area contributed by atoms with Crippen LogP contribution in [0, 0.1) is 5.92 Å². The van der Waals surface area contributed by atoms with Crippen LogP contribution in [0.15, 0.2) is 49.1 Å². The third kappa shape index (κ3) is 10.4. The molecule has 0 spiro atoms. The van der Waals surface area contributed by atoms with Crippen molar-refractivity contribution in [2.24, 2.45) is 5.92 Å². The van der Waals surface area contributed by atoms with Crippen molar-refractivity contribution >= 4 is 6.08 Å². The Morgan fingerprint density at radius 3 is 2.41 bits per heavy atom. The summed E-state index contributed by atoms with van der Waals surface area (Å²) in [6.07, 6.45) is 9.68. The molecule has 0 aliphatic carbocycles. The van der Waals surface area contributed by atoms with Crippen LogP contribution in [-0.2, 0) is 4.74 Å². The summed E-state index contributed by atoms with van der Waals surface area (Å²) in [5.41, 5.74) is 1.16. The summed E-state index contributed by atoms with van der Waals surface area (Å²) >= 11 is 0. The Kier molecular flexibility index (Phi) is 11.5. The van der Waals surface area contributed by atoms with Crippen LogP contribution in [0.4, 0.5) is 0 Å². The van der Waals surface area contributed by atoms with Gasteiger partial charge in [-0.1, -0.05) is 75.8 Å². The molecule has 0 heterocycles. The van der Waals surface area contributed by atoms with Crippen molar-refractivity contribution in [2.75, 3.05) is 6.61 Å². The molecule has 1 nitrogen and oxygen atoms in total. The second-order valence-electron chi connectivity index (χ2n) is 5.99. The predicted octanol–water partition coefficient (Wildman–Crippen LogP) is 6.51. The third-order valence-electron chi connectivity index (χ3n) is 3.52. The molecule has 1 heteroatoms. The van der Waals surface area contributed by atoms with E-state index in [0.29, 0.717) is 12.5 Å². The Balaban J connectivity index is 0.00000211. The van der Waals surface area contributed by atoms with Crippen molar-refractivity contribution in [3.05, 3.63) is 54.6 Å². The average Bonchev–Trinajstić information content (AvgIpc) is 2.54. The predicted molar refractivity (Wildman–Crippen MR) is 100 cm³/mol. The number of ether oxygens (including phenoxy) is 1. The highest BCUT2D eigenvalue weighted by molar-refractivity contribution is 5.48. The molecule has 0 radical (unpaired) electrons. The van der Waals surface area contributed by atoms with E-state index < -0.39 is 0 Å². The van der Waals surface area contributed by atoms with Crippen molar-refractivity contribution < 1.29 is 4.74 Å². The van der Waals surface area contributed by atoms with Crippen molar-refractivity contribution in [1.82, 2.24) is 0 Å². The minimum absolute atomic E-state index is 0.0537. The molecular formula is C21H34O. The maximum Gasteiger partial charge on any atom is 0.0657 e. The number of benzene rings is 1. The standard InChI is InChI=1S/C19H28O.C2H6/c1-5-17(2)11-9-15-19(3,4)20-16-10-14-18-12-7-6-8-13-18;1-2/h5-8,10,12-14,17H,1,9,11,15-16H2,2-4H3;1-2H3/b14-10+;. The fourth-order valence-electron chi connectivity index (χ4n) is 2.06. The van der Waals surface area contributed by atoms with E-state index in [4.69, 9.17) is 4.74 Å². The van der Waals surface area contributed by atoms with Gasteiger partial charge in [0, 0.05) is 0 Å². The molecule has 1 aromatic rings. The Morgan fingerprint density at radius 2 is 1.82 bits per heavy atom. The van der Waals surface area contributed by atoms with Crippen LogP contribution in [0.25, 0.3) is 6.08 Å². The Bertz CT molecular complexity index is 403. The first-order valence-electron chi connectivity index (χ1n) is 8.51. The molecule has 0 aliphatic rings. The molecule has 0 fully saturated rings. The summed E-state index contributed by atoms with van der Waals surface area (Å²) in [6, 6.07) is 10.3. The minimum atomic E-state index is -0.0537. The molecule has 0 bridgehead atoms. The molecule has 0 saturated carbocycles. The second kappa shape index (κ2) is 12.2. The Labute approximate surface area is 138 Å². The fourth-order valence-corrected chi connectivity index (χ4v) is 2.06. The maximum atomic E-state index is 5.95. The van der Waals surface area contributed by atoms with Gasteiger partial charge in [0.25, 0.3) is 0 Å². The maximum absolute atomic E-state index is 5.95. The number of rotatable bonds is 9. The summed E-state index contributed by atoms with van der Waals surface area (Å²) in [7, 11) is 0. The summed E-state index contributed by atoms with van der Waals surface area (Å²) in [5.74, 6) is 0.601. The molecule has 22 heavy (non-hydrogen) atoms. The lowest BCUT2D eigenvalue weighted by molar-refractivity contribution is -0.00909. The van der Waals surface area contributed by atoms with Gasteiger partial charge in [-0.15, -0.1) is 6.58 Å². The summed E-state index contributed by atoms with van der Waals surface area (Å²) < 4.78 is 5.95. The highest BCUT2D eigenvalue weighted by Gasteiger charge is 2.17. The monoisotopic (exact) mass is 302 g/mol. The van der Waals surface area contributed by atoms with Gasteiger partial charge in [0.15, 0.2) is 0 Å². The van der Waals surface area contributed by atoms with Crippen LogP contribution in [0.2, 0.25) is 0 Å². The molecule has 1 aromatic carbocycles. The van der Waals surface area contributed by atoms with Gasteiger partial charge < -0.3 is 4.74 Å². The molecule has 0 aliphatic heterocycles. The van der Waals surface area contributed by atoms with Crippen molar-refractivity contribution in [2.45, 2.75) is 59.5 Å². The van der Waals surface area contributed by atoms with Gasteiger partial charge in [-0.05, 0) is 38.2 Å². The molecule has 0 saturated heterocycles. The van der Waals surface area contributed by atoms with E-state index in [1.165, 1.54) is 18.4 Å². The molecule has 1 unspecified atom stereocenters. The van der Waals surface area contributed by atoms with Gasteiger partial charge >= 0.3 is 0 Å². The lowest BCUT2D eigenvalue weighted by Gasteiger charge is -2.25. The molecule has 0 amide bonds. The van der Waals surface area contributed by atoms with E-state index in [2.05, 4.69) is 51.6 Å². The minimum Gasteiger partial charge on any atom is -0.372 e. The van der Waals surface area contributed by atoms with Gasteiger partial charge in [-0.25, -0.2) is 0 Å². The largest absolute Gasteiger partial charge is 0.372 e. The lowest BCUT2D eigenvalue weighted by Crippen LogP contribution is -2.24. The van der Waals surface area contributed by atoms with Gasteiger partial charge in [0.05, 0.1) is 12.2 Å². The summed E-state index contributed by atoms with van der Waals surface area (Å²) in [4.78, 5) is 0. The molecule has 124 valence electrons. The highest BCUT2D eigenvalue weighted by Crippen LogP contribution is 2.20. The average molecular weight is 303 g/mol. The molecular weight excluding hydrogens is 268 g/mol. The van der Waals surface area contributed by atoms with E-state index >= 15 is 0 Å². The SMILES string of the molecule is C=CC(C)CCCC(C)(C)OC/C=C/c1ccccc1.CC. The van der Waals surface area contributed by atoms with Gasteiger partial charge in [-0.3, -0.25) is 0 Å². The second-order valence-corrected chi connectivity index (χ2v) is 5.99. The first-order chi connectivity index (χ1) is 10.5. The van der Waals surface area contributed by atoms with Crippen molar-refractivity contribution in [3.8, 4) is 0 Å². The Morgan fingerprint density at radius 1 is 1.18 bits per heavy atom. The van der Waals surface area contributed by atoms with Crippen LogP contribution in [0.1, 0.15) is 59.4 Å². The van der Waals surface area contributed by atoms with Crippen LogP contribution in [-0.4, -0.2) is 12.2 Å². The van der Waals surface area contributed by atoms with Crippen molar-refractivity contribution in [3.63, 3.8) is 0 Å². The number of hydrogen-bond acceptors (Lipinski definition) is 1. The van der Waals surface area contributed by atoms with Gasteiger partial charge in [-0.2, -0.15) is 0 Å². The third-order valence-corrected chi connectivity index (χ3v) is 3.52. The lowest BCUT2D eigenvalue weighted by atomic mass is 9.97. The highest BCUT2D eigenvalue weighted by atomic mass is 16.5. The summed E-state index contributed by atoms with van der Waals surface area (Å²) in [5, 5.41) is 0. The molecule has 0 aromatic heterocycles. The smallest absolute Gasteiger partial charge is 0.0657 e. The van der Waals surface area contributed by atoms with Gasteiger partial charge in [0.1, 0.15) is 0 Å². The van der Waals surface area contributed by atoms with E-state index in [1.807, 2.05) is 38.1 Å².